The maximum absolute atomic E-state index is 13.1. The number of aliphatic hydroxyl groups is 1. The molecule has 0 aromatic carbocycles. The van der Waals surface area contributed by atoms with E-state index in [2.05, 4.69) is 88.5 Å². The summed E-state index contributed by atoms with van der Waals surface area (Å²) in [4.78, 5) is 72.7. The second-order valence-corrected chi connectivity index (χ2v) is 28.1. The van der Waals surface area contributed by atoms with Crippen molar-refractivity contribution in [1.82, 2.24) is 0 Å². The van der Waals surface area contributed by atoms with Gasteiger partial charge in [0.2, 0.25) is 0 Å². The van der Waals surface area contributed by atoms with Gasteiger partial charge in [-0.1, -0.05) is 268 Å². The fourth-order valence-corrected chi connectivity index (χ4v) is 11.8. The number of phosphoric acid groups is 2. The van der Waals surface area contributed by atoms with E-state index in [1.54, 1.807) is 0 Å². The van der Waals surface area contributed by atoms with E-state index < -0.39 is 97.5 Å². The number of carbonyl (C=O) groups excluding carboxylic acids is 4. The third kappa shape index (κ3) is 67.3. The normalized spacial score (nSPS) is 14.3. The zero-order chi connectivity index (χ0) is 69.0. The van der Waals surface area contributed by atoms with Crippen LogP contribution in [0.5, 0.6) is 0 Å². The average Bonchev–Trinajstić information content (AvgIpc) is 2.15. The number of carbonyl (C=O) groups is 4. The number of ether oxygens (including phenoxy) is 4. The van der Waals surface area contributed by atoms with Gasteiger partial charge in [-0.25, -0.2) is 9.13 Å². The highest BCUT2D eigenvalue weighted by Crippen LogP contribution is 2.45. The van der Waals surface area contributed by atoms with Gasteiger partial charge in [0.15, 0.2) is 12.2 Å². The minimum Gasteiger partial charge on any atom is -0.462 e. The van der Waals surface area contributed by atoms with Crippen LogP contribution in [0, 0.1) is 0 Å². The summed E-state index contributed by atoms with van der Waals surface area (Å²) >= 11 is 0. The molecule has 5 atom stereocenters. The lowest BCUT2D eigenvalue weighted by Gasteiger charge is -2.21. The van der Waals surface area contributed by atoms with Gasteiger partial charge in [-0.05, 0) is 103 Å². The first kappa shape index (κ1) is 90.8. The summed E-state index contributed by atoms with van der Waals surface area (Å²) < 4.78 is 68.4. The molecule has 17 nitrogen and oxygen atoms in total. The Kier molecular flexibility index (Phi) is 65.9. The quantitative estimate of drug-likeness (QED) is 0.0169. The number of phosphoric ester groups is 2. The first-order chi connectivity index (χ1) is 45.7. The van der Waals surface area contributed by atoms with Gasteiger partial charge in [0, 0.05) is 25.7 Å². The van der Waals surface area contributed by atoms with Crippen LogP contribution in [0.2, 0.25) is 0 Å². The van der Waals surface area contributed by atoms with E-state index in [1.807, 2.05) is 0 Å². The highest BCUT2D eigenvalue weighted by atomic mass is 31.2. The molecule has 0 aromatic rings. The maximum Gasteiger partial charge on any atom is 0.472 e. The van der Waals surface area contributed by atoms with Crippen LogP contribution in [0.1, 0.15) is 336 Å². The van der Waals surface area contributed by atoms with Crippen molar-refractivity contribution < 1.29 is 80.2 Å². The largest absolute Gasteiger partial charge is 0.472 e. The van der Waals surface area contributed by atoms with Gasteiger partial charge >= 0.3 is 39.5 Å². The van der Waals surface area contributed by atoms with Gasteiger partial charge in [-0.3, -0.25) is 37.3 Å². The average molecular weight is 1370 g/mol. The summed E-state index contributed by atoms with van der Waals surface area (Å²) in [7, 11) is -9.93. The Morgan fingerprint density at radius 3 is 0.904 bits per heavy atom. The lowest BCUT2D eigenvalue weighted by molar-refractivity contribution is -0.161. The van der Waals surface area contributed by atoms with Crippen LogP contribution < -0.4 is 0 Å². The van der Waals surface area contributed by atoms with E-state index in [-0.39, 0.29) is 25.7 Å². The van der Waals surface area contributed by atoms with E-state index >= 15 is 0 Å². The summed E-state index contributed by atoms with van der Waals surface area (Å²) in [6.07, 6.45) is 65.0. The first-order valence-corrected chi connectivity index (χ1v) is 40.5. The van der Waals surface area contributed by atoms with Crippen LogP contribution >= 0.6 is 15.6 Å². The predicted octanol–water partition coefficient (Wildman–Crippen LogP) is 21.1. The molecule has 19 heteroatoms. The van der Waals surface area contributed by atoms with E-state index in [4.69, 9.17) is 37.0 Å². The van der Waals surface area contributed by atoms with Crippen molar-refractivity contribution in [1.29, 1.82) is 0 Å². The predicted molar refractivity (Wildman–Crippen MR) is 381 cm³/mol. The van der Waals surface area contributed by atoms with Crippen molar-refractivity contribution >= 4 is 39.5 Å². The molecule has 0 aliphatic rings. The molecule has 0 saturated heterocycles. The fourth-order valence-electron chi connectivity index (χ4n) is 10.2. The maximum atomic E-state index is 13.1. The molecule has 0 aromatic heterocycles. The Hall–Kier alpha value is -3.24. The van der Waals surface area contributed by atoms with Crippen LogP contribution in [0.15, 0.2) is 60.8 Å². The molecule has 0 rings (SSSR count). The van der Waals surface area contributed by atoms with Crippen LogP contribution in [0.25, 0.3) is 0 Å². The summed E-state index contributed by atoms with van der Waals surface area (Å²) in [5.41, 5.74) is 0. The Morgan fingerprint density at radius 1 is 0.309 bits per heavy atom. The van der Waals surface area contributed by atoms with Crippen LogP contribution in [-0.2, 0) is 65.4 Å². The van der Waals surface area contributed by atoms with Crippen molar-refractivity contribution in [3.8, 4) is 0 Å². The SMILES string of the molecule is CC/C=C\C/C=C\C/C=C\CCCCCCCCCC(=O)OCC(COP(=O)(O)OCC(O)COP(=O)(O)OCC(COC(=O)CCCCCCCCCCCCCCC)OC(=O)CCCCCCC/C=C\CCCC)OC(=O)CCCCCCC/C=C\CCCCCC. The van der Waals surface area contributed by atoms with Gasteiger partial charge in [-0.2, -0.15) is 0 Å². The zero-order valence-corrected chi connectivity index (χ0v) is 61.4. The molecule has 0 aliphatic carbocycles. The number of hydrogen-bond acceptors (Lipinski definition) is 15. The van der Waals surface area contributed by atoms with Crippen LogP contribution in [0.3, 0.4) is 0 Å². The Balaban J connectivity index is 5.29. The minimum atomic E-state index is -4.97. The molecule has 94 heavy (non-hydrogen) atoms. The van der Waals surface area contributed by atoms with Crippen molar-refractivity contribution in [2.45, 2.75) is 354 Å². The Labute approximate surface area is 571 Å². The Bertz CT molecular complexity index is 2030. The molecule has 0 radical (unpaired) electrons. The minimum absolute atomic E-state index is 0.0859. The van der Waals surface area contributed by atoms with E-state index in [0.29, 0.717) is 25.7 Å². The van der Waals surface area contributed by atoms with Gasteiger partial charge in [-0.15, -0.1) is 0 Å². The molecule has 3 N–H and O–H groups in total. The molecule has 548 valence electrons. The monoisotopic (exact) mass is 1370 g/mol. The van der Waals surface area contributed by atoms with Crippen molar-refractivity contribution in [3.05, 3.63) is 60.8 Å². The summed E-state index contributed by atoms with van der Waals surface area (Å²) in [5, 5.41) is 10.6. The van der Waals surface area contributed by atoms with E-state index in [1.165, 1.54) is 96.3 Å². The molecular formula is C75H136O17P2. The van der Waals surface area contributed by atoms with Crippen molar-refractivity contribution in [2.24, 2.45) is 0 Å². The zero-order valence-electron chi connectivity index (χ0n) is 59.6. The van der Waals surface area contributed by atoms with Crippen LogP contribution in [-0.4, -0.2) is 96.7 Å². The number of aliphatic hydroxyl groups excluding tert-OH is 1. The number of allylic oxidation sites excluding steroid dienone is 10. The third-order valence-electron chi connectivity index (χ3n) is 16.0. The standard InChI is InChI=1S/C75H136O17P2/c1-5-9-13-17-21-25-29-32-33-34-35-38-41-44-48-52-56-60-73(78)86-66-71(92-75(80)62-58-54-50-46-42-37-31-27-23-19-15-11-7-3)68-90-94(83,84)88-64-69(76)63-87-93(81,82)89-67-70(91-74(79)61-57-53-49-45-39-28-24-20-16-12-8-4)65-85-72(77)59-55-51-47-43-40-36-30-26-22-18-14-10-6-2/h9,13,20-21,24-25,27,31-33,69-71,76H,5-8,10-12,14-19,22-23,26,28-30,34-68H2,1-4H3,(H,81,82)(H,83,84)/b13-9-,24-20-,25-21-,31-27-,33-32-. The molecule has 0 fully saturated rings. The van der Waals surface area contributed by atoms with E-state index in [0.717, 1.165) is 161 Å². The van der Waals surface area contributed by atoms with Crippen molar-refractivity contribution in [2.75, 3.05) is 39.6 Å². The van der Waals surface area contributed by atoms with Gasteiger partial charge in [0.25, 0.3) is 0 Å². The molecule has 0 saturated carbocycles. The molecule has 0 heterocycles. The smallest absolute Gasteiger partial charge is 0.462 e. The molecule has 0 bridgehead atoms. The van der Waals surface area contributed by atoms with Crippen LogP contribution in [0.4, 0.5) is 0 Å². The van der Waals surface area contributed by atoms with E-state index in [9.17, 15) is 43.2 Å². The van der Waals surface area contributed by atoms with Gasteiger partial charge in [0.1, 0.15) is 19.3 Å². The Morgan fingerprint density at radius 2 is 0.564 bits per heavy atom. The lowest BCUT2D eigenvalue weighted by atomic mass is 10.0. The summed E-state index contributed by atoms with van der Waals surface area (Å²) in [6, 6.07) is 0. The second kappa shape index (κ2) is 68.3. The summed E-state index contributed by atoms with van der Waals surface area (Å²) in [6.45, 7) is 4.72. The van der Waals surface area contributed by atoms with Gasteiger partial charge in [0.05, 0.1) is 26.4 Å². The number of esters is 4. The lowest BCUT2D eigenvalue weighted by Crippen LogP contribution is -2.30. The number of unbranched alkanes of at least 4 members (excludes halogenated alkanes) is 35. The topological polar surface area (TPSA) is 237 Å². The highest BCUT2D eigenvalue weighted by molar-refractivity contribution is 7.47. The number of rotatable bonds is 71. The van der Waals surface area contributed by atoms with Gasteiger partial charge < -0.3 is 33.8 Å². The second-order valence-electron chi connectivity index (χ2n) is 25.2. The molecule has 0 aliphatic heterocycles. The summed E-state index contributed by atoms with van der Waals surface area (Å²) in [5.74, 6) is -2.18. The third-order valence-corrected chi connectivity index (χ3v) is 17.9. The fraction of sp³-hybridized carbons (Fsp3) is 0.813. The molecular weight excluding hydrogens is 1230 g/mol. The number of hydrogen-bond donors (Lipinski definition) is 3. The van der Waals surface area contributed by atoms with Crippen molar-refractivity contribution in [3.63, 3.8) is 0 Å². The molecule has 0 spiro atoms. The highest BCUT2D eigenvalue weighted by Gasteiger charge is 2.30. The molecule has 5 unspecified atom stereocenters. The first-order valence-electron chi connectivity index (χ1n) is 37.5. The molecule has 0 amide bonds.